The largest absolute Gasteiger partial charge is 0.493 e. The fourth-order valence-corrected chi connectivity index (χ4v) is 2.14. The second kappa shape index (κ2) is 4.92. The maximum absolute atomic E-state index is 14.1. The van der Waals surface area contributed by atoms with Gasteiger partial charge in [0.05, 0.1) is 37.6 Å². The molecule has 0 bridgehead atoms. The van der Waals surface area contributed by atoms with Crippen molar-refractivity contribution >= 4 is 5.88 Å². The monoisotopic (exact) mass is 280 g/mol. The van der Waals surface area contributed by atoms with Gasteiger partial charge in [-0.2, -0.15) is 0 Å². The maximum Gasteiger partial charge on any atom is 0.230 e. The van der Waals surface area contributed by atoms with Crippen molar-refractivity contribution in [2.75, 3.05) is 26.1 Å². The standard InChI is InChI=1S/C13H13FN2O4/c1-17-11-8(14)5-9-12(19-4-2-3-18-9)10(11)7-6-16-20-13(7)15/h5-6H,2-4,15H2,1H3. The van der Waals surface area contributed by atoms with E-state index in [2.05, 4.69) is 5.16 Å². The third kappa shape index (κ3) is 1.91. The van der Waals surface area contributed by atoms with Crippen LogP contribution in [-0.4, -0.2) is 25.5 Å². The highest BCUT2D eigenvalue weighted by atomic mass is 19.1. The third-order valence-electron chi connectivity index (χ3n) is 3.02. The number of halogens is 1. The summed E-state index contributed by atoms with van der Waals surface area (Å²) in [5, 5.41) is 3.60. The molecule has 2 heterocycles. The minimum Gasteiger partial charge on any atom is -0.493 e. The van der Waals surface area contributed by atoms with Gasteiger partial charge in [0.15, 0.2) is 23.1 Å². The predicted molar refractivity (Wildman–Crippen MR) is 68.5 cm³/mol. The zero-order valence-electron chi connectivity index (χ0n) is 10.8. The summed E-state index contributed by atoms with van der Waals surface area (Å²) in [5.41, 5.74) is 6.47. The number of nitrogens with zero attached hydrogens (tertiary/aromatic N) is 1. The van der Waals surface area contributed by atoms with Gasteiger partial charge in [-0.05, 0) is 0 Å². The molecule has 0 aliphatic carbocycles. The van der Waals surface area contributed by atoms with Crippen LogP contribution in [0.3, 0.4) is 0 Å². The van der Waals surface area contributed by atoms with Gasteiger partial charge in [-0.15, -0.1) is 0 Å². The minimum atomic E-state index is -0.563. The lowest BCUT2D eigenvalue weighted by atomic mass is 10.0. The number of fused-ring (bicyclic) bond motifs is 1. The van der Waals surface area contributed by atoms with Crippen LogP contribution in [0.4, 0.5) is 10.3 Å². The number of aromatic nitrogens is 1. The lowest BCUT2D eigenvalue weighted by Gasteiger charge is -2.16. The number of hydrogen-bond donors (Lipinski definition) is 1. The fraction of sp³-hybridized carbons (Fsp3) is 0.308. The average Bonchev–Trinajstić information content (AvgIpc) is 2.71. The molecule has 3 rings (SSSR count). The summed E-state index contributed by atoms with van der Waals surface area (Å²) in [4.78, 5) is 0. The van der Waals surface area contributed by atoms with E-state index in [1.807, 2.05) is 0 Å². The molecule has 0 saturated carbocycles. The summed E-state index contributed by atoms with van der Waals surface area (Å²) >= 11 is 0. The maximum atomic E-state index is 14.1. The van der Waals surface area contributed by atoms with Crippen molar-refractivity contribution in [1.82, 2.24) is 5.16 Å². The first kappa shape index (κ1) is 12.6. The normalized spacial score (nSPS) is 13.9. The molecule has 20 heavy (non-hydrogen) atoms. The third-order valence-corrected chi connectivity index (χ3v) is 3.02. The summed E-state index contributed by atoms with van der Waals surface area (Å²) in [6.45, 7) is 0.914. The highest BCUT2D eigenvalue weighted by molar-refractivity contribution is 5.84. The summed E-state index contributed by atoms with van der Waals surface area (Å²) in [7, 11) is 1.37. The van der Waals surface area contributed by atoms with E-state index < -0.39 is 5.82 Å². The van der Waals surface area contributed by atoms with Gasteiger partial charge in [-0.3, -0.25) is 0 Å². The molecule has 0 fully saturated rings. The minimum absolute atomic E-state index is 0.0177. The fourth-order valence-electron chi connectivity index (χ4n) is 2.14. The van der Waals surface area contributed by atoms with E-state index in [1.54, 1.807) is 0 Å². The molecule has 2 aromatic rings. The molecule has 106 valence electrons. The van der Waals surface area contributed by atoms with Crippen LogP contribution in [0.15, 0.2) is 16.8 Å². The number of nitrogen functional groups attached to an aromatic ring is 1. The number of rotatable bonds is 2. The van der Waals surface area contributed by atoms with Gasteiger partial charge in [0.1, 0.15) is 0 Å². The zero-order valence-corrected chi connectivity index (χ0v) is 10.8. The quantitative estimate of drug-likeness (QED) is 0.908. The first-order valence-electron chi connectivity index (χ1n) is 6.09. The van der Waals surface area contributed by atoms with E-state index in [9.17, 15) is 4.39 Å². The molecule has 7 heteroatoms. The Kier molecular flexibility index (Phi) is 3.09. The smallest absolute Gasteiger partial charge is 0.230 e. The van der Waals surface area contributed by atoms with Crippen LogP contribution in [0.5, 0.6) is 17.2 Å². The number of ether oxygens (including phenoxy) is 3. The van der Waals surface area contributed by atoms with Gasteiger partial charge >= 0.3 is 0 Å². The molecule has 6 nitrogen and oxygen atoms in total. The molecule has 0 radical (unpaired) electrons. The molecule has 0 saturated heterocycles. The molecular formula is C13H13FN2O4. The van der Waals surface area contributed by atoms with Crippen LogP contribution in [-0.2, 0) is 0 Å². The lowest BCUT2D eigenvalue weighted by molar-refractivity contribution is 0.297. The summed E-state index contributed by atoms with van der Waals surface area (Å²) in [6, 6.07) is 1.24. The summed E-state index contributed by atoms with van der Waals surface area (Å²) in [5.74, 6) is 0.215. The van der Waals surface area contributed by atoms with Crippen LogP contribution >= 0.6 is 0 Å². The predicted octanol–water partition coefficient (Wildman–Crippen LogP) is 2.23. The highest BCUT2D eigenvalue weighted by Gasteiger charge is 2.27. The van der Waals surface area contributed by atoms with E-state index in [0.29, 0.717) is 42.3 Å². The Morgan fingerprint density at radius 3 is 2.85 bits per heavy atom. The molecule has 0 unspecified atom stereocenters. The van der Waals surface area contributed by atoms with Crippen molar-refractivity contribution in [2.24, 2.45) is 0 Å². The van der Waals surface area contributed by atoms with Crippen LogP contribution in [0.1, 0.15) is 6.42 Å². The average molecular weight is 280 g/mol. The number of benzene rings is 1. The number of nitrogens with two attached hydrogens (primary N) is 1. The van der Waals surface area contributed by atoms with Gasteiger partial charge in [0.25, 0.3) is 0 Å². The van der Waals surface area contributed by atoms with E-state index in [0.717, 1.165) is 0 Å². The highest BCUT2D eigenvalue weighted by Crippen LogP contribution is 2.48. The van der Waals surface area contributed by atoms with E-state index >= 15 is 0 Å². The molecule has 1 aromatic heterocycles. The van der Waals surface area contributed by atoms with Gasteiger partial charge in [0.2, 0.25) is 5.88 Å². The summed E-state index contributed by atoms with van der Waals surface area (Å²) in [6.07, 6.45) is 2.10. The van der Waals surface area contributed by atoms with E-state index in [-0.39, 0.29) is 11.6 Å². The molecule has 0 amide bonds. The Morgan fingerprint density at radius 1 is 1.35 bits per heavy atom. The second-order valence-electron chi connectivity index (χ2n) is 4.25. The van der Waals surface area contributed by atoms with Crippen molar-refractivity contribution in [1.29, 1.82) is 0 Å². The Balaban J connectivity index is 2.29. The van der Waals surface area contributed by atoms with Crippen molar-refractivity contribution < 1.29 is 23.1 Å². The lowest BCUT2D eigenvalue weighted by Crippen LogP contribution is -2.00. The number of methoxy groups -OCH3 is 1. The molecule has 1 aliphatic heterocycles. The van der Waals surface area contributed by atoms with E-state index in [4.69, 9.17) is 24.5 Å². The second-order valence-corrected chi connectivity index (χ2v) is 4.25. The van der Waals surface area contributed by atoms with Crippen molar-refractivity contribution in [3.05, 3.63) is 18.1 Å². The van der Waals surface area contributed by atoms with Crippen LogP contribution in [0.25, 0.3) is 11.1 Å². The van der Waals surface area contributed by atoms with Crippen LogP contribution < -0.4 is 19.9 Å². The van der Waals surface area contributed by atoms with Crippen molar-refractivity contribution in [3.8, 4) is 28.4 Å². The molecule has 0 spiro atoms. The van der Waals surface area contributed by atoms with E-state index in [1.165, 1.54) is 19.4 Å². The number of anilines is 1. The molecule has 0 atom stereocenters. The molecule has 2 N–H and O–H groups in total. The first-order chi connectivity index (χ1) is 9.72. The van der Waals surface area contributed by atoms with Gasteiger partial charge < -0.3 is 24.5 Å². The van der Waals surface area contributed by atoms with Crippen molar-refractivity contribution in [2.45, 2.75) is 6.42 Å². The Bertz CT molecular complexity index is 642. The number of hydrogen-bond acceptors (Lipinski definition) is 6. The first-order valence-corrected chi connectivity index (χ1v) is 6.09. The van der Waals surface area contributed by atoms with Gasteiger partial charge in [-0.1, -0.05) is 5.16 Å². The Morgan fingerprint density at radius 2 is 2.15 bits per heavy atom. The Labute approximate surface area is 114 Å². The zero-order chi connectivity index (χ0) is 14.1. The molecule has 1 aromatic carbocycles. The topological polar surface area (TPSA) is 79.7 Å². The van der Waals surface area contributed by atoms with Gasteiger partial charge in [-0.25, -0.2) is 4.39 Å². The SMILES string of the molecule is COc1c(F)cc2c(c1-c1cnoc1N)OCCCO2. The molecular weight excluding hydrogens is 267 g/mol. The summed E-state index contributed by atoms with van der Waals surface area (Å²) < 4.78 is 35.3. The van der Waals surface area contributed by atoms with Gasteiger partial charge in [0, 0.05) is 12.5 Å². The molecule has 1 aliphatic rings. The van der Waals surface area contributed by atoms with Crippen LogP contribution in [0, 0.1) is 5.82 Å². The van der Waals surface area contributed by atoms with Crippen LogP contribution in [0.2, 0.25) is 0 Å². The Hall–Kier alpha value is -2.44. The van der Waals surface area contributed by atoms with Crippen molar-refractivity contribution in [3.63, 3.8) is 0 Å².